The number of hydrogen-bond acceptors (Lipinski definition) is 2. The van der Waals surface area contributed by atoms with Crippen LogP contribution in [0, 0.1) is 5.92 Å². The van der Waals surface area contributed by atoms with Crippen molar-refractivity contribution in [3.63, 3.8) is 0 Å². The van der Waals surface area contributed by atoms with Crippen molar-refractivity contribution in [1.82, 2.24) is 0 Å². The standard InChI is InChI=1S/C9H18O2.2CH4/c1-6-7(2)8(10)11-9(3,4)5;;/h7H,6H2,1-5H3;2*1H4. The van der Waals surface area contributed by atoms with Crippen LogP contribution >= 0.6 is 0 Å². The van der Waals surface area contributed by atoms with E-state index >= 15 is 0 Å². The van der Waals surface area contributed by atoms with Gasteiger partial charge in [-0.2, -0.15) is 0 Å². The molecule has 0 aliphatic carbocycles. The van der Waals surface area contributed by atoms with Crippen molar-refractivity contribution in [3.05, 3.63) is 0 Å². The molecular weight excluding hydrogens is 164 g/mol. The second kappa shape index (κ2) is 6.93. The third kappa shape index (κ3) is 9.38. The van der Waals surface area contributed by atoms with Crippen molar-refractivity contribution in [1.29, 1.82) is 0 Å². The summed E-state index contributed by atoms with van der Waals surface area (Å²) in [5, 5.41) is 0. The van der Waals surface area contributed by atoms with Gasteiger partial charge >= 0.3 is 5.97 Å². The van der Waals surface area contributed by atoms with Crippen molar-refractivity contribution in [2.45, 2.75) is 61.5 Å². The fourth-order valence-corrected chi connectivity index (χ4v) is 0.569. The van der Waals surface area contributed by atoms with E-state index in [1.807, 2.05) is 34.6 Å². The van der Waals surface area contributed by atoms with Crippen LogP contribution < -0.4 is 0 Å². The quantitative estimate of drug-likeness (QED) is 0.621. The fraction of sp³-hybridized carbons (Fsp3) is 0.909. The van der Waals surface area contributed by atoms with Crippen LogP contribution in [0.25, 0.3) is 0 Å². The van der Waals surface area contributed by atoms with Crippen LogP contribution in [-0.4, -0.2) is 11.6 Å². The second-order valence-corrected chi connectivity index (χ2v) is 3.84. The highest BCUT2D eigenvalue weighted by atomic mass is 16.6. The third-order valence-electron chi connectivity index (χ3n) is 1.42. The molecule has 0 aromatic rings. The minimum Gasteiger partial charge on any atom is -0.460 e. The highest BCUT2D eigenvalue weighted by molar-refractivity contribution is 5.72. The summed E-state index contributed by atoms with van der Waals surface area (Å²) in [6, 6.07) is 0. The lowest BCUT2D eigenvalue weighted by atomic mass is 10.1. The molecule has 0 rings (SSSR count). The Morgan fingerprint density at radius 2 is 1.69 bits per heavy atom. The first kappa shape index (κ1) is 18.3. The number of rotatable bonds is 2. The Morgan fingerprint density at radius 3 is 1.92 bits per heavy atom. The fourth-order valence-electron chi connectivity index (χ4n) is 0.569. The highest BCUT2D eigenvalue weighted by Crippen LogP contribution is 2.12. The minimum atomic E-state index is -0.347. The number of esters is 1. The first-order valence-corrected chi connectivity index (χ1v) is 4.09. The predicted molar refractivity (Wildman–Crippen MR) is 58.8 cm³/mol. The van der Waals surface area contributed by atoms with Gasteiger partial charge in [0.05, 0.1) is 5.92 Å². The van der Waals surface area contributed by atoms with E-state index in [-0.39, 0.29) is 32.3 Å². The van der Waals surface area contributed by atoms with Gasteiger partial charge in [-0.05, 0) is 27.2 Å². The molecule has 0 saturated heterocycles. The lowest BCUT2D eigenvalue weighted by molar-refractivity contribution is -0.159. The molecule has 0 fully saturated rings. The molecule has 1 unspecified atom stereocenters. The molecule has 0 saturated carbocycles. The van der Waals surface area contributed by atoms with E-state index in [0.29, 0.717) is 0 Å². The second-order valence-electron chi connectivity index (χ2n) is 3.84. The van der Waals surface area contributed by atoms with Gasteiger partial charge in [-0.15, -0.1) is 0 Å². The van der Waals surface area contributed by atoms with Crippen molar-refractivity contribution in [2.24, 2.45) is 5.92 Å². The average Bonchev–Trinajstić information content (AvgIpc) is 1.82. The molecule has 0 radical (unpaired) electrons. The van der Waals surface area contributed by atoms with E-state index < -0.39 is 0 Å². The smallest absolute Gasteiger partial charge is 0.309 e. The van der Waals surface area contributed by atoms with Crippen molar-refractivity contribution < 1.29 is 9.53 Å². The topological polar surface area (TPSA) is 26.3 Å². The highest BCUT2D eigenvalue weighted by Gasteiger charge is 2.19. The van der Waals surface area contributed by atoms with Crippen LogP contribution in [0.5, 0.6) is 0 Å². The number of hydrogen-bond donors (Lipinski definition) is 0. The molecule has 0 heterocycles. The van der Waals surface area contributed by atoms with Gasteiger partial charge in [0.25, 0.3) is 0 Å². The molecule has 0 aromatic heterocycles. The summed E-state index contributed by atoms with van der Waals surface area (Å²) < 4.78 is 5.15. The zero-order valence-corrected chi connectivity index (χ0v) is 8.10. The van der Waals surface area contributed by atoms with Crippen molar-refractivity contribution in [2.75, 3.05) is 0 Å². The average molecular weight is 190 g/mol. The Bertz CT molecular complexity index is 134. The molecule has 0 aliphatic rings. The molecule has 0 aromatic carbocycles. The van der Waals surface area contributed by atoms with Gasteiger partial charge < -0.3 is 4.74 Å². The van der Waals surface area contributed by atoms with Gasteiger partial charge in [0.15, 0.2) is 0 Å². The van der Waals surface area contributed by atoms with E-state index in [2.05, 4.69) is 0 Å². The first-order valence-electron chi connectivity index (χ1n) is 4.09. The molecular formula is C11H26O2. The molecule has 0 amide bonds. The van der Waals surface area contributed by atoms with Gasteiger partial charge in [0.1, 0.15) is 5.60 Å². The molecule has 0 bridgehead atoms. The molecule has 0 spiro atoms. The summed E-state index contributed by atoms with van der Waals surface area (Å²) in [6.45, 7) is 9.51. The Hall–Kier alpha value is -0.530. The maximum Gasteiger partial charge on any atom is 0.309 e. The Morgan fingerprint density at radius 1 is 1.31 bits per heavy atom. The zero-order chi connectivity index (χ0) is 9.07. The Balaban J connectivity index is -0.000000500. The molecule has 2 heteroatoms. The van der Waals surface area contributed by atoms with Gasteiger partial charge in [0.2, 0.25) is 0 Å². The van der Waals surface area contributed by atoms with Crippen molar-refractivity contribution >= 4 is 5.97 Å². The third-order valence-corrected chi connectivity index (χ3v) is 1.42. The molecule has 0 aliphatic heterocycles. The predicted octanol–water partition coefficient (Wildman–Crippen LogP) is 3.65. The summed E-state index contributed by atoms with van der Waals surface area (Å²) in [4.78, 5) is 11.2. The normalized spacial score (nSPS) is 12.1. The van der Waals surface area contributed by atoms with Gasteiger partial charge in [-0.3, -0.25) is 4.79 Å². The molecule has 1 atom stereocenters. The van der Waals surface area contributed by atoms with Crippen LogP contribution in [0.15, 0.2) is 0 Å². The van der Waals surface area contributed by atoms with Crippen LogP contribution in [0.3, 0.4) is 0 Å². The lowest BCUT2D eigenvalue weighted by Gasteiger charge is -2.21. The SMILES string of the molecule is C.C.CCC(C)C(=O)OC(C)(C)C. The van der Waals surface area contributed by atoms with Gasteiger partial charge in [0, 0.05) is 0 Å². The van der Waals surface area contributed by atoms with Crippen LogP contribution in [0.4, 0.5) is 0 Å². The molecule has 2 nitrogen and oxygen atoms in total. The van der Waals surface area contributed by atoms with E-state index in [1.165, 1.54) is 0 Å². The molecule has 0 N–H and O–H groups in total. The summed E-state index contributed by atoms with van der Waals surface area (Å²) in [5.41, 5.74) is -0.347. The van der Waals surface area contributed by atoms with E-state index in [4.69, 9.17) is 4.74 Å². The van der Waals surface area contributed by atoms with E-state index in [9.17, 15) is 4.79 Å². The molecule has 82 valence electrons. The maximum atomic E-state index is 11.2. The Labute approximate surface area is 83.7 Å². The van der Waals surface area contributed by atoms with Gasteiger partial charge in [-0.1, -0.05) is 28.7 Å². The van der Waals surface area contributed by atoms with Crippen LogP contribution in [0.2, 0.25) is 0 Å². The summed E-state index contributed by atoms with van der Waals surface area (Å²) in [5.74, 6) is -0.0748. The summed E-state index contributed by atoms with van der Waals surface area (Å²) in [7, 11) is 0. The molecule has 13 heavy (non-hydrogen) atoms. The summed E-state index contributed by atoms with van der Waals surface area (Å²) >= 11 is 0. The maximum absolute atomic E-state index is 11.2. The van der Waals surface area contributed by atoms with Gasteiger partial charge in [-0.25, -0.2) is 0 Å². The van der Waals surface area contributed by atoms with Crippen LogP contribution in [-0.2, 0) is 9.53 Å². The number of carbonyl (C=O) groups excluding carboxylic acids is 1. The zero-order valence-electron chi connectivity index (χ0n) is 8.10. The Kier molecular flexibility index (Phi) is 9.75. The summed E-state index contributed by atoms with van der Waals surface area (Å²) in [6.07, 6.45) is 0.842. The van der Waals surface area contributed by atoms with E-state index in [0.717, 1.165) is 6.42 Å². The monoisotopic (exact) mass is 190 g/mol. The largest absolute Gasteiger partial charge is 0.460 e. The first-order chi connectivity index (χ1) is 4.87. The van der Waals surface area contributed by atoms with Crippen LogP contribution in [0.1, 0.15) is 55.9 Å². The van der Waals surface area contributed by atoms with Crippen molar-refractivity contribution in [3.8, 4) is 0 Å². The lowest BCUT2D eigenvalue weighted by Crippen LogP contribution is -2.27. The van der Waals surface area contributed by atoms with E-state index in [1.54, 1.807) is 0 Å². The number of ether oxygens (including phenoxy) is 1. The minimum absolute atomic E-state index is 0. The number of carbonyl (C=O) groups is 1.